The molecule has 1 aliphatic heterocycles. The lowest BCUT2D eigenvalue weighted by Gasteiger charge is -2.36. The van der Waals surface area contributed by atoms with Crippen molar-refractivity contribution in [2.24, 2.45) is 17.8 Å². The Labute approximate surface area is 170 Å². The van der Waals surface area contributed by atoms with Gasteiger partial charge in [0, 0.05) is 23.9 Å². The molecular formula is C21H25NO6S. The molecular weight excluding hydrogens is 394 g/mol. The molecule has 8 heteroatoms. The van der Waals surface area contributed by atoms with E-state index in [0.717, 1.165) is 31.1 Å². The molecule has 0 radical (unpaired) electrons. The number of ether oxygens (including phenoxy) is 1. The predicted molar refractivity (Wildman–Crippen MR) is 106 cm³/mol. The minimum absolute atomic E-state index is 0.0368. The molecule has 1 unspecified atom stereocenters. The molecule has 7 nitrogen and oxygen atoms in total. The maximum absolute atomic E-state index is 12.5. The van der Waals surface area contributed by atoms with Gasteiger partial charge in [-0.1, -0.05) is 6.42 Å². The van der Waals surface area contributed by atoms with E-state index in [2.05, 4.69) is 0 Å². The zero-order valence-corrected chi connectivity index (χ0v) is 17.2. The third-order valence-electron chi connectivity index (χ3n) is 6.38. The van der Waals surface area contributed by atoms with Crippen molar-refractivity contribution in [3.63, 3.8) is 0 Å². The number of carbonyl (C=O) groups excluding carboxylic acids is 3. The molecule has 0 aromatic heterocycles. The average Bonchev–Trinajstić information content (AvgIpc) is 3.09. The first-order valence-electron chi connectivity index (χ1n) is 10.1. The van der Waals surface area contributed by atoms with Gasteiger partial charge in [-0.3, -0.25) is 18.7 Å². The number of nitrogens with zero attached hydrogens (tertiary/aromatic N) is 1. The molecule has 4 rings (SSSR count). The first-order valence-corrected chi connectivity index (χ1v) is 11.9. The fourth-order valence-electron chi connectivity index (χ4n) is 4.90. The molecule has 2 fully saturated rings. The van der Waals surface area contributed by atoms with Gasteiger partial charge in [0.05, 0.1) is 17.9 Å². The van der Waals surface area contributed by atoms with E-state index in [9.17, 15) is 22.8 Å². The molecule has 1 heterocycles. The monoisotopic (exact) mass is 419 g/mol. The van der Waals surface area contributed by atoms with Crippen LogP contribution >= 0.6 is 0 Å². The Balaban J connectivity index is 1.37. The number of carbonyl (C=O) groups is 3. The third kappa shape index (κ3) is 3.95. The second kappa shape index (κ2) is 7.55. The van der Waals surface area contributed by atoms with Crippen LogP contribution in [0.5, 0.6) is 0 Å². The van der Waals surface area contributed by atoms with Crippen LogP contribution in [0.2, 0.25) is 0 Å². The van der Waals surface area contributed by atoms with Gasteiger partial charge in [-0.05, 0) is 55.9 Å². The van der Waals surface area contributed by atoms with Gasteiger partial charge < -0.3 is 4.74 Å². The van der Waals surface area contributed by atoms with Crippen molar-refractivity contribution in [1.29, 1.82) is 0 Å². The summed E-state index contributed by atoms with van der Waals surface area (Å²) in [5.74, 6) is -0.800. The van der Waals surface area contributed by atoms with Gasteiger partial charge in [0.2, 0.25) is 10.0 Å². The van der Waals surface area contributed by atoms with Crippen molar-refractivity contribution >= 4 is 33.2 Å². The number of hydrogen-bond donors (Lipinski definition) is 0. The highest BCUT2D eigenvalue weighted by Gasteiger charge is 2.42. The van der Waals surface area contributed by atoms with E-state index in [1.807, 2.05) is 0 Å². The van der Waals surface area contributed by atoms with Gasteiger partial charge in [-0.2, -0.15) is 0 Å². The van der Waals surface area contributed by atoms with Crippen LogP contribution in [-0.2, 0) is 30.8 Å². The molecule has 0 N–H and O–H groups in total. The number of ketones is 2. The van der Waals surface area contributed by atoms with Gasteiger partial charge in [-0.15, -0.1) is 0 Å². The van der Waals surface area contributed by atoms with E-state index in [-0.39, 0.29) is 35.9 Å². The second-order valence-corrected chi connectivity index (χ2v) is 10.3. The van der Waals surface area contributed by atoms with Crippen LogP contribution in [0.4, 0.5) is 5.69 Å². The van der Waals surface area contributed by atoms with E-state index in [0.29, 0.717) is 37.1 Å². The number of benzene rings is 1. The van der Waals surface area contributed by atoms with Crippen LogP contribution < -0.4 is 4.31 Å². The summed E-state index contributed by atoms with van der Waals surface area (Å²) < 4.78 is 30.2. The highest BCUT2D eigenvalue weighted by Crippen LogP contribution is 2.40. The van der Waals surface area contributed by atoms with E-state index >= 15 is 0 Å². The molecule has 2 bridgehead atoms. The number of esters is 1. The number of rotatable bonds is 5. The second-order valence-electron chi connectivity index (χ2n) is 8.35. The van der Waals surface area contributed by atoms with Gasteiger partial charge in [0.1, 0.15) is 5.78 Å². The van der Waals surface area contributed by atoms with E-state index < -0.39 is 16.0 Å². The first-order chi connectivity index (χ1) is 13.7. The summed E-state index contributed by atoms with van der Waals surface area (Å²) in [6, 6.07) is 4.88. The van der Waals surface area contributed by atoms with Crippen LogP contribution in [-0.4, -0.2) is 45.4 Å². The average molecular weight is 419 g/mol. The number of sulfonamides is 1. The lowest BCUT2D eigenvalue weighted by Crippen LogP contribution is -2.39. The number of Topliss-reactive ketones (excluding diaryl/α,β-unsaturated/α-hetero) is 2. The molecule has 1 aromatic carbocycles. The van der Waals surface area contributed by atoms with Crippen LogP contribution in [0.15, 0.2) is 18.2 Å². The van der Waals surface area contributed by atoms with E-state index in [1.54, 1.807) is 18.2 Å². The summed E-state index contributed by atoms with van der Waals surface area (Å²) in [6.45, 7) is 0.0245. The van der Waals surface area contributed by atoms with Gasteiger partial charge in [0.25, 0.3) is 0 Å². The Morgan fingerprint density at radius 3 is 2.52 bits per heavy atom. The van der Waals surface area contributed by atoms with Crippen molar-refractivity contribution in [2.75, 3.05) is 23.7 Å². The van der Waals surface area contributed by atoms with Crippen molar-refractivity contribution in [3.05, 3.63) is 29.3 Å². The fraction of sp³-hybridized carbons (Fsp3) is 0.571. The maximum Gasteiger partial charge on any atom is 0.309 e. The smallest absolute Gasteiger partial charge is 0.309 e. The van der Waals surface area contributed by atoms with Gasteiger partial charge in [0.15, 0.2) is 12.4 Å². The highest BCUT2D eigenvalue weighted by atomic mass is 32.2. The minimum Gasteiger partial charge on any atom is -0.457 e. The Kier molecular flexibility index (Phi) is 5.23. The number of anilines is 1. The summed E-state index contributed by atoms with van der Waals surface area (Å²) in [5.41, 5.74) is 1.80. The van der Waals surface area contributed by atoms with Crippen molar-refractivity contribution < 1.29 is 27.5 Å². The van der Waals surface area contributed by atoms with Crippen LogP contribution in [0.3, 0.4) is 0 Å². The molecule has 0 saturated heterocycles. The SMILES string of the molecule is CS(=O)(=O)N1CCc2cc(C(=O)COC(=O)C3C[C@H]4CCC[C@@H](C3)C4=O)ccc21. The summed E-state index contributed by atoms with van der Waals surface area (Å²) in [6.07, 6.45) is 5.49. The lowest BCUT2D eigenvalue weighted by molar-refractivity contribution is -0.152. The first kappa shape index (κ1) is 20.1. The molecule has 1 aromatic rings. The number of hydrogen-bond acceptors (Lipinski definition) is 6. The number of fused-ring (bicyclic) bond motifs is 3. The van der Waals surface area contributed by atoms with E-state index in [1.165, 1.54) is 4.31 Å². The molecule has 156 valence electrons. The zero-order valence-electron chi connectivity index (χ0n) is 16.4. The summed E-state index contributed by atoms with van der Waals surface area (Å²) in [7, 11) is -3.34. The Morgan fingerprint density at radius 1 is 1.17 bits per heavy atom. The normalized spacial score (nSPS) is 26.2. The zero-order chi connectivity index (χ0) is 20.8. The Morgan fingerprint density at radius 2 is 1.86 bits per heavy atom. The van der Waals surface area contributed by atoms with Gasteiger partial charge >= 0.3 is 5.97 Å². The standard InChI is InChI=1S/C21H25NO6S/c1-29(26,27)22-8-7-13-9-14(5-6-18(13)22)19(23)12-28-21(25)17-10-15-3-2-4-16(11-17)20(15)24/h5-6,9,15-17H,2-4,7-8,10-12H2,1H3/t15-,16+,17?. The fourth-order valence-corrected chi connectivity index (χ4v) is 5.86. The minimum atomic E-state index is -3.34. The molecule has 3 atom stereocenters. The van der Waals surface area contributed by atoms with Gasteiger partial charge in [-0.25, -0.2) is 8.42 Å². The summed E-state index contributed by atoms with van der Waals surface area (Å²) in [5, 5.41) is 0. The molecule has 2 saturated carbocycles. The summed E-state index contributed by atoms with van der Waals surface area (Å²) >= 11 is 0. The van der Waals surface area contributed by atoms with Crippen molar-refractivity contribution in [3.8, 4) is 0 Å². The topological polar surface area (TPSA) is 97.8 Å². The quantitative estimate of drug-likeness (QED) is 0.536. The maximum atomic E-state index is 12.5. The largest absolute Gasteiger partial charge is 0.457 e. The van der Waals surface area contributed by atoms with Crippen LogP contribution in [0.1, 0.15) is 48.0 Å². The Bertz CT molecular complexity index is 953. The molecule has 0 spiro atoms. The molecule has 2 aliphatic carbocycles. The van der Waals surface area contributed by atoms with Crippen molar-refractivity contribution in [1.82, 2.24) is 0 Å². The van der Waals surface area contributed by atoms with Crippen molar-refractivity contribution in [2.45, 2.75) is 38.5 Å². The third-order valence-corrected chi connectivity index (χ3v) is 7.56. The summed E-state index contributed by atoms with van der Waals surface area (Å²) in [4.78, 5) is 37.1. The van der Waals surface area contributed by atoms with Crippen LogP contribution in [0, 0.1) is 17.8 Å². The van der Waals surface area contributed by atoms with Crippen LogP contribution in [0.25, 0.3) is 0 Å². The predicted octanol–water partition coefficient (Wildman–Crippen LogP) is 2.13. The lowest BCUT2D eigenvalue weighted by atomic mass is 9.67. The molecule has 0 amide bonds. The highest BCUT2D eigenvalue weighted by molar-refractivity contribution is 7.92. The molecule has 3 aliphatic rings. The Hall–Kier alpha value is -2.22. The van der Waals surface area contributed by atoms with E-state index in [4.69, 9.17) is 4.74 Å². The molecule has 29 heavy (non-hydrogen) atoms.